The van der Waals surface area contributed by atoms with Crippen LogP contribution in [0.4, 0.5) is 0 Å². The number of para-hydroxylation sites is 1. The first-order chi connectivity index (χ1) is 11.1. The van der Waals surface area contributed by atoms with Crippen molar-refractivity contribution in [1.82, 2.24) is 20.0 Å². The Bertz CT molecular complexity index is 772. The number of carbonyl (C=O) groups is 2. The number of benzene rings is 1. The second kappa shape index (κ2) is 5.34. The van der Waals surface area contributed by atoms with Gasteiger partial charge in [0.05, 0.1) is 30.7 Å². The summed E-state index contributed by atoms with van der Waals surface area (Å²) in [6.07, 6.45) is 0. The van der Waals surface area contributed by atoms with Crippen molar-refractivity contribution in [1.29, 1.82) is 0 Å². The number of aromatic amines is 1. The first-order valence-electron chi connectivity index (χ1n) is 7.72. The molecule has 23 heavy (non-hydrogen) atoms. The lowest BCUT2D eigenvalue weighted by atomic mass is 10.1. The largest absolute Gasteiger partial charge is 0.378 e. The Hall–Kier alpha value is -2.41. The highest BCUT2D eigenvalue weighted by molar-refractivity contribution is 6.04. The van der Waals surface area contributed by atoms with Crippen molar-refractivity contribution >= 4 is 22.7 Å². The van der Waals surface area contributed by atoms with E-state index < -0.39 is 0 Å². The third-order valence-electron chi connectivity index (χ3n) is 4.71. The van der Waals surface area contributed by atoms with Gasteiger partial charge in [-0.3, -0.25) is 14.7 Å². The number of carbonyl (C=O) groups excluding carboxylic acids is 2. The Morgan fingerprint density at radius 2 is 2.13 bits per heavy atom. The lowest BCUT2D eigenvalue weighted by molar-refractivity contribution is -0.133. The van der Waals surface area contributed by atoms with Gasteiger partial charge >= 0.3 is 0 Å². The molecule has 2 saturated heterocycles. The Balaban J connectivity index is 1.67. The summed E-state index contributed by atoms with van der Waals surface area (Å²) in [5, 5.41) is 7.89. The van der Waals surface area contributed by atoms with Crippen molar-refractivity contribution in [2.75, 3.05) is 33.4 Å². The molecule has 2 fully saturated rings. The quantitative estimate of drug-likeness (QED) is 0.831. The maximum Gasteiger partial charge on any atom is 0.275 e. The molecule has 1 N–H and O–H groups in total. The summed E-state index contributed by atoms with van der Waals surface area (Å²) in [5.74, 6) is -0.390. The molecular formula is C16H18N4O3. The standard InChI is InChI=1S/C16H18N4O3/c1-19-11-7-20(6-10(15(19)21)8-23-9-11)16(22)14-12-4-2-3-5-13(12)17-18-14/h2-5,10-11H,6-9H2,1H3,(H,17,18)/t10-,11+/m1/s1. The minimum Gasteiger partial charge on any atom is -0.378 e. The molecule has 0 spiro atoms. The van der Waals surface area contributed by atoms with Crippen LogP contribution in [0.3, 0.4) is 0 Å². The molecule has 2 amide bonds. The number of fused-ring (bicyclic) bond motifs is 4. The van der Waals surface area contributed by atoms with Gasteiger partial charge < -0.3 is 14.5 Å². The van der Waals surface area contributed by atoms with Crippen LogP contribution >= 0.6 is 0 Å². The van der Waals surface area contributed by atoms with E-state index in [9.17, 15) is 9.59 Å². The third kappa shape index (κ3) is 2.28. The number of ether oxygens (including phenoxy) is 1. The predicted octanol–water partition coefficient (Wildman–Crippen LogP) is 0.492. The molecule has 4 rings (SSSR count). The van der Waals surface area contributed by atoms with Crippen molar-refractivity contribution in [3.63, 3.8) is 0 Å². The average molecular weight is 314 g/mol. The highest BCUT2D eigenvalue weighted by atomic mass is 16.5. The number of amides is 2. The van der Waals surface area contributed by atoms with E-state index >= 15 is 0 Å². The van der Waals surface area contributed by atoms with Crippen LogP contribution in [0, 0.1) is 5.92 Å². The maximum atomic E-state index is 12.9. The second-order valence-corrected chi connectivity index (χ2v) is 6.17. The Morgan fingerprint density at radius 3 is 3.00 bits per heavy atom. The average Bonchev–Trinajstić information content (AvgIpc) is 2.87. The fourth-order valence-corrected chi connectivity index (χ4v) is 3.34. The molecule has 0 radical (unpaired) electrons. The summed E-state index contributed by atoms with van der Waals surface area (Å²) >= 11 is 0. The number of nitrogens with one attached hydrogen (secondary N) is 1. The predicted molar refractivity (Wildman–Crippen MR) is 82.9 cm³/mol. The molecule has 7 nitrogen and oxygen atoms in total. The summed E-state index contributed by atoms with van der Waals surface area (Å²) in [6, 6.07) is 7.45. The van der Waals surface area contributed by atoms with Crippen LogP contribution in [0.5, 0.6) is 0 Å². The minimum atomic E-state index is -0.304. The lowest BCUT2D eigenvalue weighted by Crippen LogP contribution is -2.45. The van der Waals surface area contributed by atoms with Gasteiger partial charge in [0.25, 0.3) is 5.91 Å². The van der Waals surface area contributed by atoms with Crippen LogP contribution in [0.15, 0.2) is 24.3 Å². The topological polar surface area (TPSA) is 78.5 Å². The highest BCUT2D eigenvalue weighted by Crippen LogP contribution is 2.23. The number of hydrogen-bond acceptors (Lipinski definition) is 4. The number of likely N-dealkylation sites (N-methyl/N-ethyl adjacent to an activating group) is 1. The van der Waals surface area contributed by atoms with Crippen molar-refractivity contribution in [3.8, 4) is 0 Å². The minimum absolute atomic E-state index is 0.0506. The van der Waals surface area contributed by atoms with Gasteiger partial charge in [-0.25, -0.2) is 0 Å². The lowest BCUT2D eigenvalue weighted by Gasteiger charge is -2.29. The third-order valence-corrected chi connectivity index (χ3v) is 4.71. The Morgan fingerprint density at radius 1 is 1.30 bits per heavy atom. The van der Waals surface area contributed by atoms with E-state index in [1.54, 1.807) is 16.8 Å². The highest BCUT2D eigenvalue weighted by Gasteiger charge is 2.39. The van der Waals surface area contributed by atoms with Gasteiger partial charge in [-0.05, 0) is 6.07 Å². The zero-order valence-corrected chi connectivity index (χ0v) is 12.9. The molecule has 2 aliphatic heterocycles. The fourth-order valence-electron chi connectivity index (χ4n) is 3.34. The van der Waals surface area contributed by atoms with Crippen LogP contribution < -0.4 is 0 Å². The number of hydrogen-bond donors (Lipinski definition) is 1. The van der Waals surface area contributed by atoms with E-state index in [0.29, 0.717) is 32.0 Å². The van der Waals surface area contributed by atoms with Gasteiger partial charge in [0.15, 0.2) is 5.69 Å². The molecule has 3 heterocycles. The maximum absolute atomic E-state index is 12.9. The van der Waals surface area contributed by atoms with Gasteiger partial charge in [-0.1, -0.05) is 18.2 Å². The van der Waals surface area contributed by atoms with Crippen LogP contribution in [0.1, 0.15) is 10.5 Å². The Kier molecular flexibility index (Phi) is 3.30. The summed E-state index contributed by atoms with van der Waals surface area (Å²) in [4.78, 5) is 28.8. The fraction of sp³-hybridized carbons (Fsp3) is 0.438. The van der Waals surface area contributed by atoms with Crippen molar-refractivity contribution < 1.29 is 14.3 Å². The summed E-state index contributed by atoms with van der Waals surface area (Å²) < 4.78 is 5.57. The van der Waals surface area contributed by atoms with E-state index in [1.807, 2.05) is 24.3 Å². The molecule has 2 bridgehead atoms. The van der Waals surface area contributed by atoms with Crippen LogP contribution in [-0.2, 0) is 9.53 Å². The number of rotatable bonds is 1. The first-order valence-corrected chi connectivity index (χ1v) is 7.72. The van der Waals surface area contributed by atoms with Crippen molar-refractivity contribution in [2.24, 2.45) is 5.92 Å². The number of nitrogens with zero attached hydrogens (tertiary/aromatic N) is 3. The summed E-state index contributed by atoms with van der Waals surface area (Å²) in [7, 11) is 1.78. The van der Waals surface area contributed by atoms with Crippen molar-refractivity contribution in [2.45, 2.75) is 6.04 Å². The molecule has 1 aromatic carbocycles. The van der Waals surface area contributed by atoms with Gasteiger partial charge in [0, 0.05) is 25.5 Å². The molecule has 0 aliphatic carbocycles. The van der Waals surface area contributed by atoms with Gasteiger partial charge in [0.2, 0.25) is 5.91 Å². The molecule has 120 valence electrons. The molecule has 2 aliphatic rings. The van der Waals surface area contributed by atoms with Gasteiger partial charge in [-0.2, -0.15) is 5.10 Å². The van der Waals surface area contributed by atoms with Crippen LogP contribution in [0.2, 0.25) is 0 Å². The summed E-state index contributed by atoms with van der Waals surface area (Å²) in [5.41, 5.74) is 1.25. The smallest absolute Gasteiger partial charge is 0.275 e. The van der Waals surface area contributed by atoms with E-state index in [2.05, 4.69) is 10.2 Å². The van der Waals surface area contributed by atoms with Crippen molar-refractivity contribution in [3.05, 3.63) is 30.0 Å². The number of aromatic nitrogens is 2. The van der Waals surface area contributed by atoms with Gasteiger partial charge in [0.1, 0.15) is 0 Å². The van der Waals surface area contributed by atoms with Crippen LogP contribution in [-0.4, -0.2) is 71.2 Å². The molecule has 0 saturated carbocycles. The van der Waals surface area contributed by atoms with E-state index in [4.69, 9.17) is 4.74 Å². The van der Waals surface area contributed by atoms with E-state index in [0.717, 1.165) is 10.9 Å². The SMILES string of the molecule is CN1C(=O)[C@H]2COC[C@@H]1CN(C(=O)c1n[nH]c3ccccc13)C2. The molecule has 0 unspecified atom stereocenters. The van der Waals surface area contributed by atoms with Gasteiger partial charge in [-0.15, -0.1) is 0 Å². The second-order valence-electron chi connectivity index (χ2n) is 6.17. The zero-order valence-electron chi connectivity index (χ0n) is 12.9. The monoisotopic (exact) mass is 314 g/mol. The number of H-pyrrole nitrogens is 1. The van der Waals surface area contributed by atoms with E-state index in [-0.39, 0.29) is 23.8 Å². The normalized spacial score (nSPS) is 24.8. The molecular weight excluding hydrogens is 296 g/mol. The zero-order chi connectivity index (χ0) is 16.0. The Labute approximate surface area is 133 Å². The molecule has 7 heteroatoms. The van der Waals surface area contributed by atoms with Crippen LogP contribution in [0.25, 0.3) is 10.9 Å². The van der Waals surface area contributed by atoms with E-state index in [1.165, 1.54) is 0 Å². The summed E-state index contributed by atoms with van der Waals surface area (Å²) in [6.45, 7) is 1.67. The molecule has 1 aromatic heterocycles. The first kappa shape index (κ1) is 14.2. The molecule has 2 atom stereocenters. The molecule has 2 aromatic rings.